The van der Waals surface area contributed by atoms with Gasteiger partial charge in [0.1, 0.15) is 5.52 Å². The molecular weight excluding hydrogens is 392 g/mol. The Kier molecular flexibility index (Phi) is 5.46. The molecule has 3 heterocycles. The maximum Gasteiger partial charge on any atom is 0.251 e. The molecule has 0 spiro atoms. The second-order valence-corrected chi connectivity index (χ2v) is 9.22. The van der Waals surface area contributed by atoms with Crippen molar-refractivity contribution >= 4 is 43.9 Å². The average molecular weight is 417 g/mol. The summed E-state index contributed by atoms with van der Waals surface area (Å²) in [5.74, 6) is -0.0228. The van der Waals surface area contributed by atoms with Crippen LogP contribution in [0.25, 0.3) is 22.1 Å². The van der Waals surface area contributed by atoms with E-state index in [0.29, 0.717) is 41.6 Å². The van der Waals surface area contributed by atoms with Gasteiger partial charge in [-0.15, -0.1) is 10.2 Å². The van der Waals surface area contributed by atoms with Gasteiger partial charge in [-0.05, 0) is 37.5 Å². The molecule has 1 fully saturated rings. The van der Waals surface area contributed by atoms with Gasteiger partial charge in [-0.3, -0.25) is 10.1 Å². The van der Waals surface area contributed by atoms with E-state index in [9.17, 15) is 13.2 Å². The summed E-state index contributed by atoms with van der Waals surface area (Å²) in [6.07, 6.45) is 4.96. The van der Waals surface area contributed by atoms with Gasteiger partial charge in [-0.1, -0.05) is 19.8 Å². The van der Waals surface area contributed by atoms with Crippen LogP contribution in [-0.4, -0.2) is 51.9 Å². The van der Waals surface area contributed by atoms with Gasteiger partial charge in [-0.25, -0.2) is 8.42 Å². The number of nitrogens with one attached hydrogen (secondary N) is 2. The highest BCUT2D eigenvalue weighted by Crippen LogP contribution is 2.28. The number of piperidine rings is 1. The summed E-state index contributed by atoms with van der Waals surface area (Å²) < 4.78 is 27.5. The molecule has 0 unspecified atom stereocenters. The zero-order chi connectivity index (χ0) is 20.4. The van der Waals surface area contributed by atoms with Crippen LogP contribution >= 0.6 is 0 Å². The number of sulfonamides is 1. The van der Waals surface area contributed by atoms with E-state index in [2.05, 4.69) is 25.5 Å². The van der Waals surface area contributed by atoms with Crippen molar-refractivity contribution < 1.29 is 13.2 Å². The second-order valence-electron chi connectivity index (χ2n) is 7.28. The summed E-state index contributed by atoms with van der Waals surface area (Å²) >= 11 is 0. The van der Waals surface area contributed by atoms with Gasteiger partial charge < -0.3 is 4.98 Å². The van der Waals surface area contributed by atoms with E-state index in [1.807, 2.05) is 6.92 Å². The predicted octanol–water partition coefficient (Wildman–Crippen LogP) is 2.81. The number of amides is 1. The Bertz CT molecular complexity index is 1150. The highest BCUT2D eigenvalue weighted by Gasteiger charge is 2.26. The zero-order valence-electron chi connectivity index (χ0n) is 16.3. The molecule has 0 radical (unpaired) electrons. The average Bonchev–Trinajstić information content (AvgIpc) is 3.09. The number of aromatic nitrogens is 4. The van der Waals surface area contributed by atoms with Crippen LogP contribution in [0.2, 0.25) is 0 Å². The number of hydrogen-bond acceptors (Lipinski definition) is 6. The lowest BCUT2D eigenvalue weighted by Gasteiger charge is -2.25. The minimum atomic E-state index is -3.54. The summed E-state index contributed by atoms with van der Waals surface area (Å²) in [6.45, 7) is 3.12. The van der Waals surface area contributed by atoms with Gasteiger partial charge in [0.2, 0.25) is 15.9 Å². The summed E-state index contributed by atoms with van der Waals surface area (Å²) in [6, 6.07) is 4.94. The molecule has 29 heavy (non-hydrogen) atoms. The number of carbonyl (C=O) groups excluding carboxylic acids is 1. The van der Waals surface area contributed by atoms with Crippen molar-refractivity contribution in [2.45, 2.75) is 50.3 Å². The molecule has 0 saturated carbocycles. The first-order valence-corrected chi connectivity index (χ1v) is 11.4. The van der Waals surface area contributed by atoms with Gasteiger partial charge in [0.25, 0.3) is 5.95 Å². The van der Waals surface area contributed by atoms with Crippen LogP contribution in [0.1, 0.15) is 45.4 Å². The molecule has 3 aromatic rings. The van der Waals surface area contributed by atoms with Crippen LogP contribution in [0.3, 0.4) is 0 Å². The minimum Gasteiger partial charge on any atom is -0.338 e. The third-order valence-corrected chi connectivity index (χ3v) is 7.04. The number of H-pyrrole nitrogens is 1. The largest absolute Gasteiger partial charge is 0.338 e. The summed E-state index contributed by atoms with van der Waals surface area (Å²) in [5, 5.41) is 11.4. The van der Waals surface area contributed by atoms with E-state index in [4.69, 9.17) is 0 Å². The van der Waals surface area contributed by atoms with E-state index in [-0.39, 0.29) is 16.8 Å². The Morgan fingerprint density at radius 2 is 2.00 bits per heavy atom. The highest BCUT2D eigenvalue weighted by molar-refractivity contribution is 7.89. The van der Waals surface area contributed by atoms with Crippen molar-refractivity contribution in [1.29, 1.82) is 0 Å². The van der Waals surface area contributed by atoms with Crippen LogP contribution < -0.4 is 5.32 Å². The van der Waals surface area contributed by atoms with Crippen molar-refractivity contribution in [2.24, 2.45) is 0 Å². The SMILES string of the molecule is CCCCC(=O)Nc1nnc2c(n1)[nH]c1ccc(S(=O)(=O)N3CCCCC3)cc12. The van der Waals surface area contributed by atoms with Gasteiger partial charge in [0, 0.05) is 30.4 Å². The van der Waals surface area contributed by atoms with Gasteiger partial charge in [0.15, 0.2) is 5.65 Å². The Labute approximate surface area is 169 Å². The number of fused-ring (bicyclic) bond motifs is 3. The monoisotopic (exact) mass is 416 g/mol. The summed E-state index contributed by atoms with van der Waals surface area (Å²) in [7, 11) is -3.54. The Hall–Kier alpha value is -2.59. The lowest BCUT2D eigenvalue weighted by atomic mass is 10.2. The molecule has 1 aliphatic heterocycles. The maximum absolute atomic E-state index is 13.0. The normalized spacial score (nSPS) is 15.8. The van der Waals surface area contributed by atoms with E-state index in [1.54, 1.807) is 22.5 Å². The van der Waals surface area contributed by atoms with E-state index >= 15 is 0 Å². The zero-order valence-corrected chi connectivity index (χ0v) is 17.1. The molecule has 154 valence electrons. The standard InChI is InChI=1S/C19H24N6O3S/c1-2-3-7-16(26)21-19-22-18-17(23-24-19)14-12-13(8-9-15(14)20-18)29(27,28)25-10-5-4-6-11-25/h8-9,12H,2-7,10-11H2,1H3,(H2,20,21,22,24,26). The number of benzene rings is 1. The summed E-state index contributed by atoms with van der Waals surface area (Å²) in [5.41, 5.74) is 1.64. The summed E-state index contributed by atoms with van der Waals surface area (Å²) in [4.78, 5) is 19.6. The van der Waals surface area contributed by atoms with Crippen molar-refractivity contribution in [3.8, 4) is 0 Å². The molecule has 0 bridgehead atoms. The van der Waals surface area contributed by atoms with Gasteiger partial charge in [-0.2, -0.15) is 9.29 Å². The number of unbranched alkanes of at least 4 members (excludes halogenated alkanes) is 1. The van der Waals surface area contributed by atoms with Crippen LogP contribution in [0.15, 0.2) is 23.1 Å². The van der Waals surface area contributed by atoms with Crippen molar-refractivity contribution in [1.82, 2.24) is 24.5 Å². The quantitative estimate of drug-likeness (QED) is 0.637. The number of carbonyl (C=O) groups is 1. The first-order chi connectivity index (χ1) is 14.0. The molecule has 0 atom stereocenters. The Morgan fingerprint density at radius 3 is 2.76 bits per heavy atom. The molecule has 1 aromatic carbocycles. The van der Waals surface area contributed by atoms with E-state index in [0.717, 1.165) is 32.1 Å². The fourth-order valence-electron chi connectivity index (χ4n) is 3.54. The molecule has 0 aliphatic carbocycles. The molecule has 1 aliphatic rings. The fourth-order valence-corrected chi connectivity index (χ4v) is 5.09. The third-order valence-electron chi connectivity index (χ3n) is 5.15. The van der Waals surface area contributed by atoms with Crippen LogP contribution in [0.4, 0.5) is 5.95 Å². The van der Waals surface area contributed by atoms with Crippen LogP contribution in [0, 0.1) is 0 Å². The van der Waals surface area contributed by atoms with Gasteiger partial charge >= 0.3 is 0 Å². The molecule has 9 nitrogen and oxygen atoms in total. The first-order valence-electron chi connectivity index (χ1n) is 9.95. The third kappa shape index (κ3) is 3.95. The number of anilines is 1. The molecule has 2 aromatic heterocycles. The highest BCUT2D eigenvalue weighted by atomic mass is 32.2. The predicted molar refractivity (Wildman–Crippen MR) is 110 cm³/mol. The van der Waals surface area contributed by atoms with Crippen molar-refractivity contribution in [2.75, 3.05) is 18.4 Å². The lowest BCUT2D eigenvalue weighted by molar-refractivity contribution is -0.116. The molecule has 2 N–H and O–H groups in total. The van der Waals surface area contributed by atoms with E-state index < -0.39 is 10.0 Å². The van der Waals surface area contributed by atoms with E-state index in [1.165, 1.54) is 0 Å². The maximum atomic E-state index is 13.0. The molecule has 1 amide bonds. The first kappa shape index (κ1) is 19.7. The van der Waals surface area contributed by atoms with Crippen molar-refractivity contribution in [3.63, 3.8) is 0 Å². The minimum absolute atomic E-state index is 0.131. The Morgan fingerprint density at radius 1 is 1.21 bits per heavy atom. The number of hydrogen-bond donors (Lipinski definition) is 2. The van der Waals surface area contributed by atoms with Crippen LogP contribution in [0.5, 0.6) is 0 Å². The number of aromatic amines is 1. The topological polar surface area (TPSA) is 121 Å². The molecule has 1 saturated heterocycles. The van der Waals surface area contributed by atoms with Gasteiger partial charge in [0.05, 0.1) is 4.90 Å². The second kappa shape index (κ2) is 8.03. The molecule has 10 heteroatoms. The van der Waals surface area contributed by atoms with Crippen molar-refractivity contribution in [3.05, 3.63) is 18.2 Å². The van der Waals surface area contributed by atoms with Crippen LogP contribution in [-0.2, 0) is 14.8 Å². The molecular formula is C19H24N6O3S. The fraction of sp³-hybridized carbons (Fsp3) is 0.474. The number of nitrogens with zero attached hydrogens (tertiary/aromatic N) is 4. The number of rotatable bonds is 6. The lowest BCUT2D eigenvalue weighted by Crippen LogP contribution is -2.35. The molecule has 4 rings (SSSR count). The smallest absolute Gasteiger partial charge is 0.251 e. The Balaban J connectivity index is 1.66.